The maximum absolute atomic E-state index is 11.9. The lowest BCUT2D eigenvalue weighted by Crippen LogP contribution is -2.20. The first-order valence-corrected chi connectivity index (χ1v) is 6.40. The van der Waals surface area contributed by atoms with Crippen LogP contribution < -0.4 is 10.4 Å². The molecule has 100 valence electrons. The summed E-state index contributed by atoms with van der Waals surface area (Å²) in [6.45, 7) is 5.70. The quantitative estimate of drug-likeness (QED) is 0.730. The van der Waals surface area contributed by atoms with Crippen molar-refractivity contribution >= 4 is 5.97 Å². The molecule has 0 radical (unpaired) electrons. The molecule has 0 saturated heterocycles. The summed E-state index contributed by atoms with van der Waals surface area (Å²) < 4.78 is 10.0. The Morgan fingerprint density at radius 3 is 2.67 bits per heavy atom. The van der Waals surface area contributed by atoms with Gasteiger partial charge in [-0.1, -0.05) is 26.7 Å². The summed E-state index contributed by atoms with van der Waals surface area (Å²) in [5.41, 5.74) is -0.501. The van der Waals surface area contributed by atoms with Crippen molar-refractivity contribution in [2.45, 2.75) is 46.5 Å². The molecule has 4 nitrogen and oxygen atoms in total. The molecule has 0 saturated carbocycles. The fourth-order valence-electron chi connectivity index (χ4n) is 1.77. The van der Waals surface area contributed by atoms with Crippen molar-refractivity contribution in [1.29, 1.82) is 0 Å². The Balaban J connectivity index is 2.70. The highest BCUT2D eigenvalue weighted by molar-refractivity contribution is 5.74. The molecule has 0 aliphatic heterocycles. The van der Waals surface area contributed by atoms with Gasteiger partial charge in [-0.05, 0) is 19.8 Å². The molecule has 18 heavy (non-hydrogen) atoms. The molecular weight excluding hydrogens is 232 g/mol. The van der Waals surface area contributed by atoms with Crippen molar-refractivity contribution in [1.82, 2.24) is 0 Å². The third-order valence-corrected chi connectivity index (χ3v) is 2.82. The van der Waals surface area contributed by atoms with E-state index < -0.39 is 5.63 Å². The van der Waals surface area contributed by atoms with Crippen LogP contribution in [0, 0.1) is 12.8 Å². The Labute approximate surface area is 107 Å². The normalized spacial score (nSPS) is 12.2. The van der Waals surface area contributed by atoms with Crippen LogP contribution in [0.15, 0.2) is 21.3 Å². The average molecular weight is 252 g/mol. The molecule has 1 unspecified atom stereocenters. The van der Waals surface area contributed by atoms with E-state index in [4.69, 9.17) is 9.15 Å². The Hall–Kier alpha value is -1.58. The van der Waals surface area contributed by atoms with E-state index in [2.05, 4.69) is 6.92 Å². The lowest BCUT2D eigenvalue weighted by molar-refractivity contribution is -0.139. The molecule has 0 bridgehead atoms. The lowest BCUT2D eigenvalue weighted by Gasteiger charge is -2.13. The summed E-state index contributed by atoms with van der Waals surface area (Å²) in [5.74, 6) is 0.337. The summed E-state index contributed by atoms with van der Waals surface area (Å²) >= 11 is 0. The van der Waals surface area contributed by atoms with E-state index in [0.29, 0.717) is 5.76 Å². The van der Waals surface area contributed by atoms with Gasteiger partial charge in [-0.15, -0.1) is 0 Å². The fourth-order valence-corrected chi connectivity index (χ4v) is 1.77. The van der Waals surface area contributed by atoms with Crippen LogP contribution in [-0.2, 0) is 4.79 Å². The number of rotatable bonds is 6. The zero-order valence-electron chi connectivity index (χ0n) is 11.2. The van der Waals surface area contributed by atoms with Gasteiger partial charge in [-0.25, -0.2) is 4.79 Å². The van der Waals surface area contributed by atoms with Crippen LogP contribution in [0.25, 0.3) is 0 Å². The van der Waals surface area contributed by atoms with Crippen LogP contribution in [0.2, 0.25) is 0 Å². The van der Waals surface area contributed by atoms with Gasteiger partial charge in [0.05, 0.1) is 12.0 Å². The number of unbranched alkanes of at least 4 members (excludes halogenated alkanes) is 1. The SMILES string of the molecule is CCCCC(CC)C(=O)Oc1cc(C)oc(=O)c1. The average Bonchev–Trinajstić information content (AvgIpc) is 2.28. The molecule has 0 aliphatic rings. The summed E-state index contributed by atoms with van der Waals surface area (Å²) in [6, 6.07) is 2.74. The van der Waals surface area contributed by atoms with Crippen LogP contribution in [0.3, 0.4) is 0 Å². The summed E-state index contributed by atoms with van der Waals surface area (Å²) in [7, 11) is 0. The minimum Gasteiger partial charge on any atom is -0.428 e. The fraction of sp³-hybridized carbons (Fsp3) is 0.571. The number of carbonyl (C=O) groups is 1. The summed E-state index contributed by atoms with van der Waals surface area (Å²) in [4.78, 5) is 23.1. The van der Waals surface area contributed by atoms with Gasteiger partial charge >= 0.3 is 11.6 Å². The molecule has 1 heterocycles. The molecule has 4 heteroatoms. The smallest absolute Gasteiger partial charge is 0.339 e. The van der Waals surface area contributed by atoms with Gasteiger partial charge < -0.3 is 9.15 Å². The van der Waals surface area contributed by atoms with Crippen LogP contribution in [0.5, 0.6) is 5.75 Å². The molecular formula is C14H20O4. The van der Waals surface area contributed by atoms with Gasteiger partial charge in [0.2, 0.25) is 0 Å². The molecule has 1 aromatic rings. The molecule has 1 atom stereocenters. The molecule has 0 N–H and O–H groups in total. The molecule has 1 aromatic heterocycles. The number of hydrogen-bond donors (Lipinski definition) is 0. The van der Waals surface area contributed by atoms with Gasteiger partial charge in [0.25, 0.3) is 0 Å². The molecule has 0 aromatic carbocycles. The number of ether oxygens (including phenoxy) is 1. The van der Waals surface area contributed by atoms with Gasteiger partial charge in [-0.3, -0.25) is 4.79 Å². The monoisotopic (exact) mass is 252 g/mol. The predicted octanol–water partition coefficient (Wildman–Crippen LogP) is 3.07. The molecule has 0 amide bonds. The topological polar surface area (TPSA) is 56.5 Å². The Kier molecular flexibility index (Phi) is 5.62. The van der Waals surface area contributed by atoms with Crippen molar-refractivity contribution in [3.63, 3.8) is 0 Å². The van der Waals surface area contributed by atoms with E-state index in [1.54, 1.807) is 13.0 Å². The van der Waals surface area contributed by atoms with Crippen molar-refractivity contribution in [3.8, 4) is 5.75 Å². The minimum absolute atomic E-state index is 0.0995. The largest absolute Gasteiger partial charge is 0.428 e. The Morgan fingerprint density at radius 1 is 1.39 bits per heavy atom. The van der Waals surface area contributed by atoms with E-state index >= 15 is 0 Å². The van der Waals surface area contributed by atoms with Gasteiger partial charge in [0, 0.05) is 6.07 Å². The lowest BCUT2D eigenvalue weighted by atomic mass is 10.00. The zero-order chi connectivity index (χ0) is 13.5. The van der Waals surface area contributed by atoms with Crippen LogP contribution in [-0.4, -0.2) is 5.97 Å². The second-order valence-electron chi connectivity index (χ2n) is 4.39. The maximum atomic E-state index is 11.9. The number of aryl methyl sites for hydroxylation is 1. The first kappa shape index (κ1) is 14.5. The summed E-state index contributed by atoms with van der Waals surface area (Å²) in [6.07, 6.45) is 3.63. The molecule has 0 spiro atoms. The number of hydrogen-bond acceptors (Lipinski definition) is 4. The first-order chi connectivity index (χ1) is 8.56. The highest BCUT2D eigenvalue weighted by Gasteiger charge is 2.18. The van der Waals surface area contributed by atoms with Crippen molar-refractivity contribution in [3.05, 3.63) is 28.3 Å². The van der Waals surface area contributed by atoms with Crippen LogP contribution in [0.4, 0.5) is 0 Å². The molecule has 0 fully saturated rings. The third-order valence-electron chi connectivity index (χ3n) is 2.82. The van der Waals surface area contributed by atoms with E-state index in [1.807, 2.05) is 6.92 Å². The minimum atomic E-state index is -0.501. The van der Waals surface area contributed by atoms with E-state index in [-0.39, 0.29) is 17.6 Å². The highest BCUT2D eigenvalue weighted by Crippen LogP contribution is 2.17. The number of carbonyl (C=O) groups excluding carboxylic acids is 1. The Morgan fingerprint density at radius 2 is 2.11 bits per heavy atom. The van der Waals surface area contributed by atoms with E-state index in [0.717, 1.165) is 25.7 Å². The van der Waals surface area contributed by atoms with E-state index in [9.17, 15) is 9.59 Å². The first-order valence-electron chi connectivity index (χ1n) is 6.40. The molecule has 1 rings (SSSR count). The zero-order valence-corrected chi connectivity index (χ0v) is 11.2. The van der Waals surface area contributed by atoms with Gasteiger partial charge in [-0.2, -0.15) is 0 Å². The van der Waals surface area contributed by atoms with Crippen LogP contribution >= 0.6 is 0 Å². The van der Waals surface area contributed by atoms with E-state index in [1.165, 1.54) is 6.07 Å². The van der Waals surface area contributed by atoms with Crippen molar-refractivity contribution < 1.29 is 13.9 Å². The standard InChI is InChI=1S/C14H20O4/c1-4-6-7-11(5-2)14(16)18-12-8-10(3)17-13(15)9-12/h8-9,11H,4-7H2,1-3H3. The second-order valence-corrected chi connectivity index (χ2v) is 4.39. The summed E-state index contributed by atoms with van der Waals surface area (Å²) in [5, 5.41) is 0. The predicted molar refractivity (Wildman–Crippen MR) is 68.7 cm³/mol. The molecule has 0 aliphatic carbocycles. The third kappa shape index (κ3) is 4.35. The number of esters is 1. The van der Waals surface area contributed by atoms with Crippen molar-refractivity contribution in [2.75, 3.05) is 0 Å². The van der Waals surface area contributed by atoms with Crippen LogP contribution in [0.1, 0.15) is 45.3 Å². The van der Waals surface area contributed by atoms with Crippen molar-refractivity contribution in [2.24, 2.45) is 5.92 Å². The van der Waals surface area contributed by atoms with Gasteiger partial charge in [0.15, 0.2) is 0 Å². The maximum Gasteiger partial charge on any atom is 0.339 e. The van der Waals surface area contributed by atoms with Gasteiger partial charge in [0.1, 0.15) is 11.5 Å². The highest BCUT2D eigenvalue weighted by atomic mass is 16.5. The second kappa shape index (κ2) is 6.99. The Bertz CT molecular complexity index is 447.